The van der Waals surface area contributed by atoms with Gasteiger partial charge in [0, 0.05) is 22.2 Å². The van der Waals surface area contributed by atoms with Crippen molar-refractivity contribution < 1.29 is 9.32 Å². The number of anilines is 3. The van der Waals surface area contributed by atoms with Gasteiger partial charge in [-0.3, -0.25) is 4.79 Å². The second-order valence-corrected chi connectivity index (χ2v) is 6.26. The van der Waals surface area contributed by atoms with E-state index in [4.69, 9.17) is 16.1 Å². The molecule has 2 aromatic heterocycles. The van der Waals surface area contributed by atoms with Crippen molar-refractivity contribution in [3.63, 3.8) is 0 Å². The van der Waals surface area contributed by atoms with Gasteiger partial charge in [0.1, 0.15) is 11.6 Å². The maximum Gasteiger partial charge on any atom is 0.294 e. The van der Waals surface area contributed by atoms with Crippen LogP contribution in [0.25, 0.3) is 10.9 Å². The number of nitrogens with zero attached hydrogens (tertiary/aromatic N) is 3. The Morgan fingerprint density at radius 2 is 1.85 bits per heavy atom. The lowest BCUT2D eigenvalue weighted by molar-refractivity contribution is 0.101. The summed E-state index contributed by atoms with van der Waals surface area (Å²) in [5, 5.41) is 11.0. The highest BCUT2D eigenvalue weighted by Crippen LogP contribution is 2.25. The number of aryl methyl sites for hydroxylation is 1. The minimum atomic E-state index is -0.479. The molecule has 0 saturated heterocycles. The van der Waals surface area contributed by atoms with Crippen LogP contribution < -0.4 is 10.6 Å². The van der Waals surface area contributed by atoms with Gasteiger partial charge in [-0.1, -0.05) is 28.9 Å². The molecule has 0 unspecified atom stereocenters. The van der Waals surface area contributed by atoms with Crippen LogP contribution in [0.5, 0.6) is 0 Å². The van der Waals surface area contributed by atoms with Crippen molar-refractivity contribution in [3.8, 4) is 0 Å². The van der Waals surface area contributed by atoms with Gasteiger partial charge in [-0.2, -0.15) is 0 Å². The van der Waals surface area contributed by atoms with Crippen LogP contribution in [0.2, 0.25) is 5.02 Å². The summed E-state index contributed by atoms with van der Waals surface area (Å²) < 4.78 is 4.96. The Kier molecular flexibility index (Phi) is 4.43. The first-order chi connectivity index (χ1) is 13.1. The molecule has 134 valence electrons. The Labute approximate surface area is 159 Å². The zero-order chi connectivity index (χ0) is 18.8. The summed E-state index contributed by atoms with van der Waals surface area (Å²) in [5.74, 6) is 0.958. The predicted octanol–water partition coefficient (Wildman–Crippen LogP) is 4.58. The highest BCUT2D eigenvalue weighted by molar-refractivity contribution is 6.30. The van der Waals surface area contributed by atoms with E-state index in [2.05, 4.69) is 25.8 Å². The maximum absolute atomic E-state index is 12.6. The topological polar surface area (TPSA) is 92.9 Å². The van der Waals surface area contributed by atoms with E-state index in [0.717, 1.165) is 11.1 Å². The van der Waals surface area contributed by atoms with Crippen molar-refractivity contribution >= 4 is 45.7 Å². The van der Waals surface area contributed by atoms with Crippen LogP contribution in [-0.2, 0) is 0 Å². The molecule has 0 spiro atoms. The molecule has 0 fully saturated rings. The summed E-state index contributed by atoms with van der Waals surface area (Å²) in [6, 6.07) is 16.3. The zero-order valence-corrected chi connectivity index (χ0v) is 15.0. The van der Waals surface area contributed by atoms with E-state index in [9.17, 15) is 4.79 Å². The molecular weight excluding hydrogens is 366 g/mol. The molecule has 2 heterocycles. The average Bonchev–Trinajstić information content (AvgIpc) is 3.08. The molecule has 0 radical (unpaired) electrons. The Morgan fingerprint density at radius 1 is 1.07 bits per heavy atom. The van der Waals surface area contributed by atoms with Crippen LogP contribution in [0, 0.1) is 6.92 Å². The van der Waals surface area contributed by atoms with Crippen LogP contribution in [0.15, 0.2) is 59.1 Å². The average molecular weight is 380 g/mol. The third kappa shape index (κ3) is 3.73. The van der Waals surface area contributed by atoms with E-state index < -0.39 is 5.91 Å². The standard InChI is InChI=1S/C19H14ClN5O2/c1-11-10-16(25-27-11)23-19(26)18-22-15-5-3-2-4-14(15)17(24-18)21-13-8-6-12(20)7-9-13/h2-10H,1H3,(H,21,22,24)(H,23,25,26). The molecule has 0 atom stereocenters. The van der Waals surface area contributed by atoms with E-state index in [0.29, 0.717) is 27.9 Å². The van der Waals surface area contributed by atoms with Crippen LogP contribution >= 0.6 is 11.6 Å². The van der Waals surface area contributed by atoms with Gasteiger partial charge in [0.2, 0.25) is 5.82 Å². The molecule has 7 nitrogen and oxygen atoms in total. The van der Waals surface area contributed by atoms with Gasteiger partial charge in [-0.05, 0) is 43.3 Å². The zero-order valence-electron chi connectivity index (χ0n) is 14.2. The maximum atomic E-state index is 12.6. The van der Waals surface area contributed by atoms with Gasteiger partial charge in [-0.15, -0.1) is 0 Å². The number of nitrogens with one attached hydrogen (secondary N) is 2. The predicted molar refractivity (Wildman–Crippen MR) is 103 cm³/mol. The molecule has 4 aromatic rings. The number of rotatable bonds is 4. The van der Waals surface area contributed by atoms with Crippen molar-refractivity contribution in [2.45, 2.75) is 6.92 Å². The van der Waals surface area contributed by atoms with Crippen molar-refractivity contribution in [2.24, 2.45) is 0 Å². The molecule has 0 aliphatic rings. The van der Waals surface area contributed by atoms with E-state index >= 15 is 0 Å². The smallest absolute Gasteiger partial charge is 0.294 e. The number of halogens is 1. The Morgan fingerprint density at radius 3 is 2.59 bits per heavy atom. The number of amides is 1. The SMILES string of the molecule is Cc1cc(NC(=O)c2nc(Nc3ccc(Cl)cc3)c3ccccc3n2)no1. The molecule has 8 heteroatoms. The van der Waals surface area contributed by atoms with Gasteiger partial charge in [0.05, 0.1) is 5.52 Å². The lowest BCUT2D eigenvalue weighted by atomic mass is 10.2. The molecule has 27 heavy (non-hydrogen) atoms. The second-order valence-electron chi connectivity index (χ2n) is 5.82. The normalized spacial score (nSPS) is 10.7. The van der Waals surface area contributed by atoms with E-state index in [1.54, 1.807) is 25.1 Å². The van der Waals surface area contributed by atoms with Gasteiger partial charge in [-0.25, -0.2) is 9.97 Å². The summed E-state index contributed by atoms with van der Waals surface area (Å²) in [6.45, 7) is 1.74. The van der Waals surface area contributed by atoms with Gasteiger partial charge >= 0.3 is 0 Å². The first-order valence-electron chi connectivity index (χ1n) is 8.12. The number of carbonyl (C=O) groups is 1. The molecule has 1 amide bonds. The molecule has 2 N–H and O–H groups in total. The number of fused-ring (bicyclic) bond motifs is 1. The highest BCUT2D eigenvalue weighted by Gasteiger charge is 2.16. The number of benzene rings is 2. The fraction of sp³-hybridized carbons (Fsp3) is 0.0526. The molecule has 0 saturated carbocycles. The molecule has 0 aliphatic carbocycles. The van der Waals surface area contributed by atoms with Crippen molar-refractivity contribution in [2.75, 3.05) is 10.6 Å². The Bertz CT molecular complexity index is 1120. The van der Waals surface area contributed by atoms with Crippen LogP contribution in [-0.4, -0.2) is 21.0 Å². The summed E-state index contributed by atoms with van der Waals surface area (Å²) in [4.78, 5) is 21.3. The van der Waals surface area contributed by atoms with Crippen LogP contribution in [0.3, 0.4) is 0 Å². The number of hydrogen-bond donors (Lipinski definition) is 2. The first-order valence-corrected chi connectivity index (χ1v) is 8.50. The van der Waals surface area contributed by atoms with Crippen molar-refractivity contribution in [1.29, 1.82) is 0 Å². The van der Waals surface area contributed by atoms with Crippen molar-refractivity contribution in [3.05, 3.63) is 71.2 Å². The minimum absolute atomic E-state index is 0.0193. The number of para-hydroxylation sites is 1. The van der Waals surface area contributed by atoms with E-state index in [1.165, 1.54) is 0 Å². The molecular formula is C19H14ClN5O2. The number of aromatic nitrogens is 3. The summed E-state index contributed by atoms with van der Waals surface area (Å²) in [6.07, 6.45) is 0. The lowest BCUT2D eigenvalue weighted by Gasteiger charge is -2.10. The number of carbonyl (C=O) groups excluding carboxylic acids is 1. The van der Waals surface area contributed by atoms with Gasteiger partial charge in [0.15, 0.2) is 5.82 Å². The molecule has 4 rings (SSSR count). The van der Waals surface area contributed by atoms with E-state index in [-0.39, 0.29) is 5.82 Å². The van der Waals surface area contributed by atoms with E-state index in [1.807, 2.05) is 36.4 Å². The second kappa shape index (κ2) is 7.05. The summed E-state index contributed by atoms with van der Waals surface area (Å²) >= 11 is 5.94. The highest BCUT2D eigenvalue weighted by atomic mass is 35.5. The Balaban J connectivity index is 1.71. The monoisotopic (exact) mass is 379 g/mol. The quantitative estimate of drug-likeness (QED) is 0.539. The largest absolute Gasteiger partial charge is 0.360 e. The Hall–Kier alpha value is -3.45. The fourth-order valence-electron chi connectivity index (χ4n) is 2.54. The third-order valence-corrected chi connectivity index (χ3v) is 4.03. The molecule has 0 aliphatic heterocycles. The van der Waals surface area contributed by atoms with Crippen LogP contribution in [0.1, 0.15) is 16.4 Å². The first kappa shape index (κ1) is 17.0. The van der Waals surface area contributed by atoms with Gasteiger partial charge in [0.25, 0.3) is 5.91 Å². The minimum Gasteiger partial charge on any atom is -0.360 e. The van der Waals surface area contributed by atoms with Crippen LogP contribution in [0.4, 0.5) is 17.3 Å². The van der Waals surface area contributed by atoms with Gasteiger partial charge < -0.3 is 15.2 Å². The fourth-order valence-corrected chi connectivity index (χ4v) is 2.67. The summed E-state index contributed by atoms with van der Waals surface area (Å²) in [5.41, 5.74) is 1.44. The third-order valence-electron chi connectivity index (χ3n) is 3.78. The molecule has 0 bridgehead atoms. The molecule has 2 aromatic carbocycles. The van der Waals surface area contributed by atoms with Crippen molar-refractivity contribution in [1.82, 2.24) is 15.1 Å². The summed E-state index contributed by atoms with van der Waals surface area (Å²) in [7, 11) is 0. The number of hydrogen-bond acceptors (Lipinski definition) is 6. The lowest BCUT2D eigenvalue weighted by Crippen LogP contribution is -2.16.